The highest BCUT2D eigenvalue weighted by atomic mass is 19.1. The number of nitrogen functional groups attached to an aromatic ring is 1. The molecule has 0 atom stereocenters. The van der Waals surface area contributed by atoms with Gasteiger partial charge < -0.3 is 11.1 Å². The van der Waals surface area contributed by atoms with Crippen molar-refractivity contribution in [2.24, 2.45) is 0 Å². The van der Waals surface area contributed by atoms with Crippen LogP contribution in [0.15, 0.2) is 30.5 Å². The van der Waals surface area contributed by atoms with Crippen molar-refractivity contribution in [3.8, 4) is 6.07 Å². The fraction of sp³-hybridized carbons (Fsp3) is 0.0769. The molecule has 0 saturated carbocycles. The van der Waals surface area contributed by atoms with E-state index in [2.05, 4.69) is 10.3 Å². The van der Waals surface area contributed by atoms with Gasteiger partial charge in [0.05, 0.1) is 29.2 Å². The summed E-state index contributed by atoms with van der Waals surface area (Å²) in [4.78, 5) is 4.09. The largest absolute Gasteiger partial charge is 0.397 e. The molecule has 2 rings (SSSR count). The number of aryl methyl sites for hydroxylation is 1. The van der Waals surface area contributed by atoms with Gasteiger partial charge in [0.25, 0.3) is 0 Å². The van der Waals surface area contributed by atoms with Crippen LogP contribution in [-0.2, 0) is 0 Å². The van der Waals surface area contributed by atoms with Crippen LogP contribution in [0.2, 0.25) is 0 Å². The Morgan fingerprint density at radius 1 is 1.39 bits per heavy atom. The van der Waals surface area contributed by atoms with E-state index < -0.39 is 5.82 Å². The van der Waals surface area contributed by atoms with Crippen LogP contribution in [0.3, 0.4) is 0 Å². The Morgan fingerprint density at radius 2 is 2.17 bits per heavy atom. The molecule has 0 spiro atoms. The Morgan fingerprint density at radius 3 is 2.78 bits per heavy atom. The van der Waals surface area contributed by atoms with Gasteiger partial charge in [-0.15, -0.1) is 0 Å². The summed E-state index contributed by atoms with van der Waals surface area (Å²) in [7, 11) is 0. The van der Waals surface area contributed by atoms with Gasteiger partial charge in [0.15, 0.2) is 0 Å². The smallest absolute Gasteiger partial charge is 0.147 e. The Kier molecular flexibility index (Phi) is 3.11. The first-order valence-corrected chi connectivity index (χ1v) is 5.29. The van der Waals surface area contributed by atoms with E-state index in [0.29, 0.717) is 11.5 Å². The van der Waals surface area contributed by atoms with E-state index >= 15 is 0 Å². The van der Waals surface area contributed by atoms with Crippen molar-refractivity contribution >= 4 is 17.2 Å². The highest BCUT2D eigenvalue weighted by molar-refractivity contribution is 5.62. The number of nitrogens with two attached hydrogens (primary N) is 1. The van der Waals surface area contributed by atoms with Crippen LogP contribution in [0.4, 0.5) is 21.6 Å². The quantitative estimate of drug-likeness (QED) is 0.849. The number of hydrogen-bond donors (Lipinski definition) is 2. The number of nitrogens with one attached hydrogen (secondary N) is 1. The van der Waals surface area contributed by atoms with Gasteiger partial charge in [-0.1, -0.05) is 0 Å². The Labute approximate surface area is 104 Å². The molecule has 0 aliphatic heterocycles. The molecule has 0 aliphatic carbocycles. The highest BCUT2D eigenvalue weighted by Gasteiger charge is 2.06. The fourth-order valence-electron chi connectivity index (χ4n) is 1.54. The zero-order valence-corrected chi connectivity index (χ0v) is 9.74. The van der Waals surface area contributed by atoms with Crippen molar-refractivity contribution in [1.82, 2.24) is 4.98 Å². The monoisotopic (exact) mass is 242 g/mol. The van der Waals surface area contributed by atoms with Crippen LogP contribution < -0.4 is 11.1 Å². The van der Waals surface area contributed by atoms with Gasteiger partial charge in [0, 0.05) is 0 Å². The van der Waals surface area contributed by atoms with Gasteiger partial charge in [-0.2, -0.15) is 5.26 Å². The average Bonchev–Trinajstić information content (AvgIpc) is 2.34. The van der Waals surface area contributed by atoms with Crippen molar-refractivity contribution in [3.63, 3.8) is 0 Å². The van der Waals surface area contributed by atoms with Crippen LogP contribution in [-0.4, -0.2) is 4.98 Å². The molecule has 2 aromatic rings. The molecule has 1 aromatic carbocycles. The summed E-state index contributed by atoms with van der Waals surface area (Å²) in [5.41, 5.74) is 7.51. The van der Waals surface area contributed by atoms with E-state index in [9.17, 15) is 4.39 Å². The molecule has 0 saturated heterocycles. The number of hydrogen-bond acceptors (Lipinski definition) is 4. The molecule has 0 unspecified atom stereocenters. The summed E-state index contributed by atoms with van der Waals surface area (Å²) in [6, 6.07) is 7.85. The van der Waals surface area contributed by atoms with Gasteiger partial charge in [-0.25, -0.2) is 9.37 Å². The lowest BCUT2D eigenvalue weighted by Crippen LogP contribution is -2.00. The topological polar surface area (TPSA) is 74.7 Å². The predicted molar refractivity (Wildman–Crippen MR) is 67.8 cm³/mol. The number of halogens is 1. The molecule has 0 amide bonds. The van der Waals surface area contributed by atoms with Crippen molar-refractivity contribution in [2.75, 3.05) is 11.1 Å². The summed E-state index contributed by atoms with van der Waals surface area (Å²) < 4.78 is 13.7. The summed E-state index contributed by atoms with van der Waals surface area (Å²) in [6.45, 7) is 1.83. The van der Waals surface area contributed by atoms with E-state index in [1.165, 1.54) is 24.4 Å². The summed E-state index contributed by atoms with van der Waals surface area (Å²) >= 11 is 0. The first-order chi connectivity index (χ1) is 8.60. The van der Waals surface area contributed by atoms with E-state index in [-0.39, 0.29) is 11.3 Å². The Balaban J connectivity index is 2.32. The third-order valence-electron chi connectivity index (χ3n) is 2.45. The molecule has 1 aromatic heterocycles. The first-order valence-electron chi connectivity index (χ1n) is 5.29. The molecule has 0 aliphatic rings. The lowest BCUT2D eigenvalue weighted by atomic mass is 10.2. The number of pyridine rings is 1. The number of benzene rings is 1. The molecule has 0 radical (unpaired) electrons. The highest BCUT2D eigenvalue weighted by Crippen LogP contribution is 2.22. The molecular weight excluding hydrogens is 231 g/mol. The number of nitriles is 1. The van der Waals surface area contributed by atoms with E-state index in [1.54, 1.807) is 6.07 Å². The molecule has 4 nitrogen and oxygen atoms in total. The third-order valence-corrected chi connectivity index (χ3v) is 2.45. The van der Waals surface area contributed by atoms with Crippen LogP contribution in [0.5, 0.6) is 0 Å². The van der Waals surface area contributed by atoms with E-state index in [0.717, 1.165) is 5.56 Å². The standard InChI is InChI=1S/C13H11FN4/c1-8-4-10(16)7-17-13(8)18-12-3-2-9(6-15)5-11(12)14/h2-5,7H,16H2,1H3,(H,17,18). The normalized spacial score (nSPS) is 9.83. The van der Waals surface area contributed by atoms with Gasteiger partial charge in [0.2, 0.25) is 0 Å². The molecule has 90 valence electrons. The first kappa shape index (κ1) is 11.9. The summed E-state index contributed by atoms with van der Waals surface area (Å²) in [6.07, 6.45) is 1.50. The maximum atomic E-state index is 13.7. The number of aromatic nitrogens is 1. The molecule has 0 fully saturated rings. The molecule has 3 N–H and O–H groups in total. The zero-order chi connectivity index (χ0) is 13.1. The predicted octanol–water partition coefficient (Wildman–Crippen LogP) is 2.73. The zero-order valence-electron chi connectivity index (χ0n) is 9.74. The minimum absolute atomic E-state index is 0.273. The van der Waals surface area contributed by atoms with Crippen molar-refractivity contribution in [1.29, 1.82) is 5.26 Å². The molecule has 18 heavy (non-hydrogen) atoms. The third kappa shape index (κ3) is 2.38. The second-order valence-electron chi connectivity index (χ2n) is 3.87. The maximum absolute atomic E-state index is 13.7. The Bertz CT molecular complexity index is 631. The second-order valence-corrected chi connectivity index (χ2v) is 3.87. The number of rotatable bonds is 2. The van der Waals surface area contributed by atoms with Gasteiger partial charge in [0.1, 0.15) is 11.6 Å². The van der Waals surface area contributed by atoms with Gasteiger partial charge in [-0.3, -0.25) is 0 Å². The molecule has 0 bridgehead atoms. The lowest BCUT2D eigenvalue weighted by Gasteiger charge is -2.09. The fourth-order valence-corrected chi connectivity index (χ4v) is 1.54. The van der Waals surface area contributed by atoms with E-state index in [4.69, 9.17) is 11.0 Å². The summed E-state index contributed by atoms with van der Waals surface area (Å²) in [5, 5.41) is 11.5. The van der Waals surface area contributed by atoms with Crippen LogP contribution in [0.1, 0.15) is 11.1 Å². The van der Waals surface area contributed by atoms with E-state index in [1.807, 2.05) is 13.0 Å². The number of nitrogens with zero attached hydrogens (tertiary/aromatic N) is 2. The SMILES string of the molecule is Cc1cc(N)cnc1Nc1ccc(C#N)cc1F. The van der Waals surface area contributed by atoms with Crippen LogP contribution in [0.25, 0.3) is 0 Å². The molecule has 1 heterocycles. The average molecular weight is 242 g/mol. The van der Waals surface area contributed by atoms with Crippen LogP contribution >= 0.6 is 0 Å². The van der Waals surface area contributed by atoms with Crippen molar-refractivity contribution in [2.45, 2.75) is 6.92 Å². The minimum atomic E-state index is -0.493. The van der Waals surface area contributed by atoms with Gasteiger partial charge in [-0.05, 0) is 36.8 Å². The Hall–Kier alpha value is -2.61. The van der Waals surface area contributed by atoms with Crippen LogP contribution in [0, 0.1) is 24.1 Å². The molecule has 5 heteroatoms. The molecular formula is C13H11FN4. The van der Waals surface area contributed by atoms with Crippen molar-refractivity contribution in [3.05, 3.63) is 47.4 Å². The lowest BCUT2D eigenvalue weighted by molar-refractivity contribution is 0.631. The second kappa shape index (κ2) is 4.72. The minimum Gasteiger partial charge on any atom is -0.397 e. The number of anilines is 3. The van der Waals surface area contributed by atoms with Gasteiger partial charge >= 0.3 is 0 Å². The summed E-state index contributed by atoms with van der Waals surface area (Å²) in [5.74, 6) is 0.0416. The maximum Gasteiger partial charge on any atom is 0.147 e. The van der Waals surface area contributed by atoms with Crippen molar-refractivity contribution < 1.29 is 4.39 Å².